The van der Waals surface area contributed by atoms with Gasteiger partial charge in [0.2, 0.25) is 5.91 Å². The Morgan fingerprint density at radius 2 is 1.56 bits per heavy atom. The minimum Gasteiger partial charge on any atom is -0.480 e. The first-order valence-corrected chi connectivity index (χ1v) is 10.2. The standard InChI is InChI=1S/C23H26N2O7/c1-13(31-2)20(21(27)24-19(11-26)22(28)29)25-23(30)32-12-18-16-9-5-3-7-14(16)15-8-4-6-10-17(15)18/h3-10,13,18-20,26H,11-12H2,1-2H3,(H,24,27)(H,25,30)(H,28,29). The average Bonchev–Trinajstić information content (AvgIpc) is 3.12. The molecule has 4 N–H and O–H groups in total. The molecular weight excluding hydrogens is 416 g/mol. The Hall–Kier alpha value is -3.43. The fourth-order valence-corrected chi connectivity index (χ4v) is 3.75. The van der Waals surface area contributed by atoms with Crippen molar-refractivity contribution in [1.82, 2.24) is 10.6 Å². The van der Waals surface area contributed by atoms with E-state index in [-0.39, 0.29) is 12.5 Å². The highest BCUT2D eigenvalue weighted by atomic mass is 16.5. The number of carboxylic acid groups (broad SMARTS) is 1. The summed E-state index contributed by atoms with van der Waals surface area (Å²) in [5.74, 6) is -2.36. The number of nitrogens with one attached hydrogen (secondary N) is 2. The molecule has 0 saturated carbocycles. The zero-order valence-corrected chi connectivity index (χ0v) is 17.8. The molecule has 2 amide bonds. The maximum atomic E-state index is 12.5. The SMILES string of the molecule is COC(C)C(NC(=O)OCC1c2ccccc2-c2ccccc21)C(=O)NC(CO)C(=O)O. The lowest BCUT2D eigenvalue weighted by Gasteiger charge is -2.25. The number of methoxy groups -OCH3 is 1. The van der Waals surface area contributed by atoms with E-state index in [0.29, 0.717) is 0 Å². The molecule has 3 unspecified atom stereocenters. The molecule has 3 atom stereocenters. The molecule has 0 fully saturated rings. The third-order valence-corrected chi connectivity index (χ3v) is 5.54. The van der Waals surface area contributed by atoms with Crippen molar-refractivity contribution in [3.05, 3.63) is 59.7 Å². The van der Waals surface area contributed by atoms with Gasteiger partial charge in [0.15, 0.2) is 0 Å². The summed E-state index contributed by atoms with van der Waals surface area (Å²) in [6.07, 6.45) is -1.62. The molecule has 2 aromatic rings. The van der Waals surface area contributed by atoms with Crippen LogP contribution in [0, 0.1) is 0 Å². The van der Waals surface area contributed by atoms with Crippen LogP contribution < -0.4 is 10.6 Å². The third kappa shape index (κ3) is 4.90. The van der Waals surface area contributed by atoms with Gasteiger partial charge in [-0.1, -0.05) is 48.5 Å². The van der Waals surface area contributed by atoms with Crippen molar-refractivity contribution in [2.75, 3.05) is 20.3 Å². The van der Waals surface area contributed by atoms with Gasteiger partial charge in [0.05, 0.1) is 12.7 Å². The summed E-state index contributed by atoms with van der Waals surface area (Å²) >= 11 is 0. The number of amides is 2. The zero-order valence-electron chi connectivity index (χ0n) is 17.8. The van der Waals surface area contributed by atoms with Crippen molar-refractivity contribution in [2.24, 2.45) is 0 Å². The van der Waals surface area contributed by atoms with E-state index in [0.717, 1.165) is 22.3 Å². The maximum absolute atomic E-state index is 12.5. The van der Waals surface area contributed by atoms with Crippen molar-refractivity contribution < 1.29 is 34.1 Å². The van der Waals surface area contributed by atoms with Gasteiger partial charge in [-0.25, -0.2) is 9.59 Å². The lowest BCUT2D eigenvalue weighted by atomic mass is 9.98. The number of alkyl carbamates (subject to hydrolysis) is 1. The minimum atomic E-state index is -1.50. The Kier molecular flexibility index (Phi) is 7.45. The van der Waals surface area contributed by atoms with Crippen LogP contribution in [0.25, 0.3) is 11.1 Å². The summed E-state index contributed by atoms with van der Waals surface area (Å²) in [6, 6.07) is 13.1. The molecule has 0 saturated heterocycles. The number of hydrogen-bond donors (Lipinski definition) is 4. The molecule has 9 nitrogen and oxygen atoms in total. The van der Waals surface area contributed by atoms with Gasteiger partial charge in [-0.2, -0.15) is 0 Å². The first-order chi connectivity index (χ1) is 15.4. The van der Waals surface area contributed by atoms with Crippen molar-refractivity contribution in [3.63, 3.8) is 0 Å². The lowest BCUT2D eigenvalue weighted by Crippen LogP contribution is -2.57. The van der Waals surface area contributed by atoms with Crippen molar-refractivity contribution in [3.8, 4) is 11.1 Å². The van der Waals surface area contributed by atoms with Crippen LogP contribution in [-0.2, 0) is 19.1 Å². The van der Waals surface area contributed by atoms with Crippen molar-refractivity contribution >= 4 is 18.0 Å². The van der Waals surface area contributed by atoms with Crippen LogP contribution in [0.2, 0.25) is 0 Å². The number of fused-ring (bicyclic) bond motifs is 3. The molecule has 32 heavy (non-hydrogen) atoms. The predicted octanol–water partition coefficient (Wildman–Crippen LogP) is 1.49. The summed E-state index contributed by atoms with van der Waals surface area (Å²) in [5, 5.41) is 22.8. The Morgan fingerprint density at radius 1 is 1.00 bits per heavy atom. The predicted molar refractivity (Wildman–Crippen MR) is 115 cm³/mol. The fraction of sp³-hybridized carbons (Fsp3) is 0.348. The Labute approximate surface area is 185 Å². The van der Waals surface area contributed by atoms with E-state index < -0.39 is 42.8 Å². The number of hydrogen-bond acceptors (Lipinski definition) is 6. The maximum Gasteiger partial charge on any atom is 0.407 e. The average molecular weight is 442 g/mol. The van der Waals surface area contributed by atoms with Gasteiger partial charge >= 0.3 is 12.1 Å². The second-order valence-corrected chi connectivity index (χ2v) is 7.47. The molecule has 0 bridgehead atoms. The van der Waals surface area contributed by atoms with Gasteiger partial charge in [-0.3, -0.25) is 4.79 Å². The van der Waals surface area contributed by atoms with Crippen LogP contribution in [0.3, 0.4) is 0 Å². The van der Waals surface area contributed by atoms with Gasteiger partial charge in [0, 0.05) is 13.0 Å². The van der Waals surface area contributed by atoms with E-state index in [1.54, 1.807) is 6.92 Å². The van der Waals surface area contributed by atoms with Crippen LogP contribution in [0.4, 0.5) is 4.79 Å². The van der Waals surface area contributed by atoms with Crippen molar-refractivity contribution in [2.45, 2.75) is 31.0 Å². The number of carboxylic acids is 1. The lowest BCUT2D eigenvalue weighted by molar-refractivity contribution is -0.143. The van der Waals surface area contributed by atoms with Gasteiger partial charge in [-0.05, 0) is 29.2 Å². The number of carbonyl (C=O) groups excluding carboxylic acids is 2. The Morgan fingerprint density at radius 3 is 2.06 bits per heavy atom. The first kappa shape index (κ1) is 23.2. The summed E-state index contributed by atoms with van der Waals surface area (Å²) in [5.41, 5.74) is 4.28. The molecule has 170 valence electrons. The highest BCUT2D eigenvalue weighted by molar-refractivity contribution is 5.89. The van der Waals surface area contributed by atoms with E-state index >= 15 is 0 Å². The highest BCUT2D eigenvalue weighted by Crippen LogP contribution is 2.44. The van der Waals surface area contributed by atoms with Gasteiger partial charge in [-0.15, -0.1) is 0 Å². The molecule has 3 rings (SSSR count). The number of aliphatic hydroxyl groups excluding tert-OH is 1. The van der Waals surface area contributed by atoms with Crippen LogP contribution in [0.1, 0.15) is 24.0 Å². The molecule has 0 aromatic heterocycles. The molecule has 1 aliphatic rings. The Balaban J connectivity index is 1.68. The smallest absolute Gasteiger partial charge is 0.407 e. The van der Waals surface area contributed by atoms with E-state index in [1.807, 2.05) is 48.5 Å². The molecule has 9 heteroatoms. The van der Waals surface area contributed by atoms with Gasteiger partial charge in [0.25, 0.3) is 0 Å². The number of benzene rings is 2. The Bertz CT molecular complexity index is 948. The number of carbonyl (C=O) groups is 3. The second-order valence-electron chi connectivity index (χ2n) is 7.47. The molecule has 0 spiro atoms. The summed E-state index contributed by atoms with van der Waals surface area (Å²) in [4.78, 5) is 36.1. The quantitative estimate of drug-likeness (QED) is 0.462. The van der Waals surface area contributed by atoms with E-state index in [9.17, 15) is 14.4 Å². The van der Waals surface area contributed by atoms with Crippen molar-refractivity contribution in [1.29, 1.82) is 0 Å². The topological polar surface area (TPSA) is 134 Å². The van der Waals surface area contributed by atoms with E-state index in [1.165, 1.54) is 7.11 Å². The zero-order chi connectivity index (χ0) is 23.3. The largest absolute Gasteiger partial charge is 0.480 e. The summed E-state index contributed by atoms with van der Waals surface area (Å²) in [7, 11) is 1.35. The molecule has 0 radical (unpaired) electrons. The molecular formula is C23H26N2O7. The number of aliphatic hydroxyl groups is 1. The van der Waals surface area contributed by atoms with E-state index in [4.69, 9.17) is 19.7 Å². The number of ether oxygens (including phenoxy) is 2. The van der Waals surface area contributed by atoms with Gasteiger partial charge in [0.1, 0.15) is 18.7 Å². The monoisotopic (exact) mass is 442 g/mol. The third-order valence-electron chi connectivity index (χ3n) is 5.54. The van der Waals surface area contributed by atoms with E-state index in [2.05, 4.69) is 10.6 Å². The molecule has 2 aromatic carbocycles. The number of rotatable bonds is 9. The summed E-state index contributed by atoms with van der Waals surface area (Å²) in [6.45, 7) is 0.812. The second kappa shape index (κ2) is 10.3. The van der Waals surface area contributed by atoms with Crippen LogP contribution >= 0.6 is 0 Å². The normalized spacial score (nSPS) is 15.1. The van der Waals surface area contributed by atoms with Gasteiger partial charge < -0.3 is 30.3 Å². The minimum absolute atomic E-state index is 0.0595. The molecule has 0 heterocycles. The highest BCUT2D eigenvalue weighted by Gasteiger charge is 2.32. The van der Waals surface area contributed by atoms with Crippen LogP contribution in [0.5, 0.6) is 0 Å². The number of aliphatic carboxylic acids is 1. The first-order valence-electron chi connectivity index (χ1n) is 10.2. The van der Waals surface area contributed by atoms with Crippen LogP contribution in [0.15, 0.2) is 48.5 Å². The summed E-state index contributed by atoms with van der Waals surface area (Å²) < 4.78 is 10.6. The molecule has 0 aliphatic heterocycles. The fourth-order valence-electron chi connectivity index (χ4n) is 3.75. The molecule has 1 aliphatic carbocycles. The van der Waals surface area contributed by atoms with Crippen LogP contribution in [-0.4, -0.2) is 66.7 Å².